The number of rotatable bonds is 3. The zero-order chi connectivity index (χ0) is 9.99. The molecular weight excluding hydrogens is 183 g/mol. The minimum absolute atomic E-state index is 0.414. The maximum absolute atomic E-state index is 12.3. The van der Waals surface area contributed by atoms with Crippen LogP contribution in [0.25, 0.3) is 0 Å². The van der Waals surface area contributed by atoms with Gasteiger partial charge in [-0.15, -0.1) is 0 Å². The number of aliphatic hydroxyl groups is 1. The van der Waals surface area contributed by atoms with E-state index in [-0.39, 0.29) is 0 Å². The van der Waals surface area contributed by atoms with Gasteiger partial charge in [-0.2, -0.15) is 22.0 Å². The SMILES string of the molecule is CCC(CO)C(F)(F)C(F)(F)F. The standard InChI is InChI=1S/C6H9F5O/c1-2-4(3-12)5(7,8)6(9,10)11/h4,12H,2-3H2,1H3. The molecule has 0 aliphatic rings. The first-order valence-corrected chi connectivity index (χ1v) is 3.32. The van der Waals surface area contributed by atoms with Crippen LogP contribution in [0.1, 0.15) is 13.3 Å². The summed E-state index contributed by atoms with van der Waals surface area (Å²) < 4.78 is 59.4. The van der Waals surface area contributed by atoms with Crippen LogP contribution in [-0.2, 0) is 0 Å². The third kappa shape index (κ3) is 2.06. The smallest absolute Gasteiger partial charge is 0.396 e. The Kier molecular flexibility index (Phi) is 3.44. The highest BCUT2D eigenvalue weighted by Gasteiger charge is 2.61. The largest absolute Gasteiger partial charge is 0.453 e. The van der Waals surface area contributed by atoms with Gasteiger partial charge in [0, 0.05) is 0 Å². The Labute approximate surface area is 66.2 Å². The van der Waals surface area contributed by atoms with E-state index in [2.05, 4.69) is 0 Å². The summed E-state index contributed by atoms with van der Waals surface area (Å²) in [6, 6.07) is 0. The molecule has 0 bridgehead atoms. The van der Waals surface area contributed by atoms with E-state index >= 15 is 0 Å². The minimum atomic E-state index is -5.57. The topological polar surface area (TPSA) is 20.2 Å². The molecule has 1 nitrogen and oxygen atoms in total. The molecule has 1 atom stereocenters. The van der Waals surface area contributed by atoms with Gasteiger partial charge in [-0.25, -0.2) is 0 Å². The Morgan fingerprint density at radius 3 is 1.67 bits per heavy atom. The zero-order valence-electron chi connectivity index (χ0n) is 6.33. The van der Waals surface area contributed by atoms with Crippen molar-refractivity contribution in [3.05, 3.63) is 0 Å². The van der Waals surface area contributed by atoms with E-state index in [9.17, 15) is 22.0 Å². The lowest BCUT2D eigenvalue weighted by molar-refractivity contribution is -0.306. The average molecular weight is 192 g/mol. The molecule has 0 rings (SSSR count). The second kappa shape index (κ2) is 3.55. The fourth-order valence-electron chi connectivity index (χ4n) is 0.732. The van der Waals surface area contributed by atoms with Crippen molar-refractivity contribution in [3.8, 4) is 0 Å². The maximum atomic E-state index is 12.3. The van der Waals surface area contributed by atoms with E-state index in [4.69, 9.17) is 5.11 Å². The van der Waals surface area contributed by atoms with Crippen molar-refractivity contribution < 1.29 is 27.1 Å². The van der Waals surface area contributed by atoms with Crippen molar-refractivity contribution in [1.29, 1.82) is 0 Å². The van der Waals surface area contributed by atoms with Gasteiger partial charge in [-0.3, -0.25) is 0 Å². The number of alkyl halides is 5. The lowest BCUT2D eigenvalue weighted by atomic mass is 9.99. The molecule has 0 fully saturated rings. The molecule has 0 radical (unpaired) electrons. The molecule has 0 aromatic heterocycles. The lowest BCUT2D eigenvalue weighted by Crippen LogP contribution is -2.44. The Balaban J connectivity index is 4.57. The summed E-state index contributed by atoms with van der Waals surface area (Å²) in [5, 5.41) is 8.24. The second-order valence-electron chi connectivity index (χ2n) is 2.41. The van der Waals surface area contributed by atoms with Gasteiger partial charge >= 0.3 is 12.1 Å². The van der Waals surface area contributed by atoms with Crippen LogP contribution in [0.15, 0.2) is 0 Å². The van der Waals surface area contributed by atoms with Gasteiger partial charge in [0.1, 0.15) is 0 Å². The van der Waals surface area contributed by atoms with Gasteiger partial charge in [0.05, 0.1) is 12.5 Å². The molecule has 6 heteroatoms. The van der Waals surface area contributed by atoms with Crippen LogP contribution in [0.5, 0.6) is 0 Å². The molecule has 0 spiro atoms. The first-order chi connectivity index (χ1) is 5.27. The summed E-state index contributed by atoms with van der Waals surface area (Å²) in [4.78, 5) is 0. The van der Waals surface area contributed by atoms with Crippen molar-refractivity contribution >= 4 is 0 Å². The van der Waals surface area contributed by atoms with E-state index in [0.29, 0.717) is 0 Å². The molecule has 0 aromatic carbocycles. The van der Waals surface area contributed by atoms with Crippen LogP contribution in [0, 0.1) is 5.92 Å². The summed E-state index contributed by atoms with van der Waals surface area (Å²) in [5.41, 5.74) is 0. The van der Waals surface area contributed by atoms with E-state index in [0.717, 1.165) is 0 Å². The molecule has 0 saturated carbocycles. The molecule has 74 valence electrons. The van der Waals surface area contributed by atoms with E-state index < -0.39 is 31.0 Å². The molecule has 0 aromatic rings. The summed E-state index contributed by atoms with van der Waals surface area (Å²) in [5.74, 6) is -6.84. The summed E-state index contributed by atoms with van der Waals surface area (Å²) in [7, 11) is 0. The van der Waals surface area contributed by atoms with E-state index in [1.165, 1.54) is 6.92 Å². The normalized spacial score (nSPS) is 16.2. The van der Waals surface area contributed by atoms with Crippen LogP contribution in [0.2, 0.25) is 0 Å². The van der Waals surface area contributed by atoms with Gasteiger partial charge in [-0.05, 0) is 6.42 Å². The van der Waals surface area contributed by atoms with Crippen molar-refractivity contribution in [2.75, 3.05) is 6.61 Å². The molecule has 1 unspecified atom stereocenters. The highest BCUT2D eigenvalue weighted by atomic mass is 19.4. The number of aliphatic hydroxyl groups excluding tert-OH is 1. The Bertz CT molecular complexity index is 137. The van der Waals surface area contributed by atoms with Gasteiger partial charge < -0.3 is 5.11 Å². The molecule has 0 amide bonds. The van der Waals surface area contributed by atoms with E-state index in [1.54, 1.807) is 0 Å². The quantitative estimate of drug-likeness (QED) is 0.679. The summed E-state index contributed by atoms with van der Waals surface area (Å²) in [6.07, 6.45) is -5.99. The van der Waals surface area contributed by atoms with Crippen LogP contribution in [0.4, 0.5) is 22.0 Å². The lowest BCUT2D eigenvalue weighted by Gasteiger charge is -2.26. The molecule has 0 aliphatic heterocycles. The molecule has 1 N–H and O–H groups in total. The fraction of sp³-hybridized carbons (Fsp3) is 1.00. The molecular formula is C6H9F5O. The number of hydrogen-bond donors (Lipinski definition) is 1. The van der Waals surface area contributed by atoms with Crippen molar-refractivity contribution in [1.82, 2.24) is 0 Å². The minimum Gasteiger partial charge on any atom is -0.396 e. The first kappa shape index (κ1) is 11.6. The van der Waals surface area contributed by atoms with Gasteiger partial charge in [0.15, 0.2) is 0 Å². The van der Waals surface area contributed by atoms with Crippen molar-refractivity contribution in [2.45, 2.75) is 25.4 Å². The van der Waals surface area contributed by atoms with Crippen LogP contribution < -0.4 is 0 Å². The van der Waals surface area contributed by atoms with Crippen molar-refractivity contribution in [2.24, 2.45) is 5.92 Å². The van der Waals surface area contributed by atoms with Gasteiger partial charge in [0.25, 0.3) is 0 Å². The van der Waals surface area contributed by atoms with Crippen LogP contribution in [0.3, 0.4) is 0 Å². The monoisotopic (exact) mass is 192 g/mol. The Hall–Kier alpha value is -0.390. The second-order valence-corrected chi connectivity index (χ2v) is 2.41. The van der Waals surface area contributed by atoms with Crippen LogP contribution in [-0.4, -0.2) is 23.8 Å². The molecule has 0 saturated heterocycles. The molecule has 0 aliphatic carbocycles. The number of hydrogen-bond acceptors (Lipinski definition) is 1. The molecule has 0 heterocycles. The predicted octanol–water partition coefficient (Wildman–Crippen LogP) is 2.20. The highest BCUT2D eigenvalue weighted by molar-refractivity contribution is 4.82. The molecule has 12 heavy (non-hydrogen) atoms. The van der Waals surface area contributed by atoms with Gasteiger partial charge in [-0.1, -0.05) is 6.92 Å². The van der Waals surface area contributed by atoms with E-state index in [1.807, 2.05) is 0 Å². The maximum Gasteiger partial charge on any atom is 0.453 e. The summed E-state index contributed by atoms with van der Waals surface area (Å²) >= 11 is 0. The highest BCUT2D eigenvalue weighted by Crippen LogP contribution is 2.42. The third-order valence-electron chi connectivity index (χ3n) is 1.60. The zero-order valence-corrected chi connectivity index (χ0v) is 6.33. The van der Waals surface area contributed by atoms with Crippen molar-refractivity contribution in [3.63, 3.8) is 0 Å². The van der Waals surface area contributed by atoms with Gasteiger partial charge in [0.2, 0.25) is 0 Å². The Morgan fingerprint density at radius 2 is 1.58 bits per heavy atom. The third-order valence-corrected chi connectivity index (χ3v) is 1.60. The first-order valence-electron chi connectivity index (χ1n) is 3.32. The summed E-state index contributed by atoms with van der Waals surface area (Å²) in [6.45, 7) is 0.00352. The van der Waals surface area contributed by atoms with Crippen LogP contribution >= 0.6 is 0 Å². The fourth-order valence-corrected chi connectivity index (χ4v) is 0.732. The average Bonchev–Trinajstić information content (AvgIpc) is 1.87. The number of halogens is 5. The predicted molar refractivity (Wildman–Crippen MR) is 31.9 cm³/mol. The Morgan fingerprint density at radius 1 is 1.17 bits per heavy atom.